The van der Waals surface area contributed by atoms with Crippen LogP contribution in [0.2, 0.25) is 0 Å². The van der Waals surface area contributed by atoms with E-state index < -0.39 is 0 Å². The summed E-state index contributed by atoms with van der Waals surface area (Å²) in [7, 11) is 0. The maximum atomic E-state index is 4.05. The van der Waals surface area contributed by atoms with Gasteiger partial charge in [0.25, 0.3) is 0 Å². The number of imidazole rings is 1. The largest absolute Gasteiger partial charge is 0.337 e. The lowest BCUT2D eigenvalue weighted by Gasteiger charge is -2.14. The topological polar surface area (TPSA) is 29.9 Å². The van der Waals surface area contributed by atoms with Crippen LogP contribution in [-0.4, -0.2) is 22.4 Å². The first-order chi connectivity index (χ1) is 9.79. The average molecular weight is 289 g/mol. The third kappa shape index (κ3) is 4.69. The first kappa shape index (κ1) is 15.1. The molecule has 1 aromatic carbocycles. The van der Waals surface area contributed by atoms with Gasteiger partial charge < -0.3 is 9.88 Å². The minimum absolute atomic E-state index is 0.416. The van der Waals surface area contributed by atoms with E-state index in [1.54, 1.807) is 11.8 Å². The highest BCUT2D eigenvalue weighted by atomic mass is 32.2. The van der Waals surface area contributed by atoms with Gasteiger partial charge in [-0.3, -0.25) is 0 Å². The van der Waals surface area contributed by atoms with Gasteiger partial charge in [0.2, 0.25) is 0 Å². The number of benzene rings is 1. The Kier molecular flexibility index (Phi) is 6.15. The van der Waals surface area contributed by atoms with Crippen molar-refractivity contribution in [2.24, 2.45) is 0 Å². The van der Waals surface area contributed by atoms with Crippen LogP contribution in [0.1, 0.15) is 31.4 Å². The van der Waals surface area contributed by atoms with Gasteiger partial charge in [-0.25, -0.2) is 4.98 Å². The van der Waals surface area contributed by atoms with Crippen molar-refractivity contribution in [2.75, 3.05) is 12.8 Å². The van der Waals surface area contributed by atoms with Gasteiger partial charge in [0.1, 0.15) is 0 Å². The lowest BCUT2D eigenvalue weighted by Crippen LogP contribution is -2.20. The van der Waals surface area contributed by atoms with Crippen LogP contribution in [0.4, 0.5) is 0 Å². The summed E-state index contributed by atoms with van der Waals surface area (Å²) >= 11 is 1.78. The number of aryl methyl sites for hydroxylation is 1. The Hall–Kier alpha value is -1.26. The Bertz CT molecular complexity index is 479. The van der Waals surface area contributed by atoms with Gasteiger partial charge in [0.05, 0.1) is 6.33 Å². The highest BCUT2D eigenvalue weighted by molar-refractivity contribution is 7.98. The molecule has 108 valence electrons. The summed E-state index contributed by atoms with van der Waals surface area (Å²) in [6.45, 7) is 4.34. The van der Waals surface area contributed by atoms with E-state index in [2.05, 4.69) is 52.3 Å². The van der Waals surface area contributed by atoms with Crippen LogP contribution in [0.25, 0.3) is 0 Å². The van der Waals surface area contributed by atoms with Crippen molar-refractivity contribution in [3.8, 4) is 0 Å². The molecule has 0 saturated heterocycles. The van der Waals surface area contributed by atoms with Crippen molar-refractivity contribution in [1.82, 2.24) is 14.9 Å². The predicted molar refractivity (Wildman–Crippen MR) is 86.1 cm³/mol. The van der Waals surface area contributed by atoms with Crippen LogP contribution in [0.15, 0.2) is 47.9 Å². The maximum Gasteiger partial charge on any atom is 0.0945 e. The highest BCUT2D eigenvalue weighted by Gasteiger charge is 2.03. The fourth-order valence-corrected chi connectivity index (χ4v) is 2.58. The molecule has 1 aromatic heterocycles. The zero-order valence-corrected chi connectivity index (χ0v) is 13.1. The highest BCUT2D eigenvalue weighted by Crippen LogP contribution is 2.18. The van der Waals surface area contributed by atoms with Crippen molar-refractivity contribution < 1.29 is 0 Å². The molecule has 2 aromatic rings. The lowest BCUT2D eigenvalue weighted by molar-refractivity contribution is 0.523. The standard InChI is InChI=1S/C16H23N3S/c1-14(15-5-7-16(20-2)8-6-15)18-9-3-4-11-19-12-10-17-13-19/h5-8,10,12-14,18H,3-4,9,11H2,1-2H3. The van der Waals surface area contributed by atoms with Gasteiger partial charge in [-0.2, -0.15) is 0 Å². The summed E-state index contributed by atoms with van der Waals surface area (Å²) in [5, 5.41) is 3.58. The molecule has 0 fully saturated rings. The number of aromatic nitrogens is 2. The van der Waals surface area contributed by atoms with Crippen LogP contribution < -0.4 is 5.32 Å². The molecule has 1 heterocycles. The van der Waals surface area contributed by atoms with Gasteiger partial charge in [0, 0.05) is 29.9 Å². The average Bonchev–Trinajstić information content (AvgIpc) is 3.00. The van der Waals surface area contributed by atoms with E-state index in [1.807, 2.05) is 18.7 Å². The van der Waals surface area contributed by atoms with Crippen LogP contribution in [0, 0.1) is 0 Å². The van der Waals surface area contributed by atoms with Crippen molar-refractivity contribution in [1.29, 1.82) is 0 Å². The van der Waals surface area contributed by atoms with Gasteiger partial charge in [-0.15, -0.1) is 11.8 Å². The summed E-state index contributed by atoms with van der Waals surface area (Å²) in [5.41, 5.74) is 1.36. The first-order valence-corrected chi connectivity index (χ1v) is 8.35. The molecule has 3 nitrogen and oxygen atoms in total. The minimum Gasteiger partial charge on any atom is -0.337 e. The van der Waals surface area contributed by atoms with E-state index in [0.717, 1.165) is 13.1 Å². The van der Waals surface area contributed by atoms with Crippen molar-refractivity contribution in [3.63, 3.8) is 0 Å². The zero-order chi connectivity index (χ0) is 14.2. The Morgan fingerprint density at radius 3 is 2.70 bits per heavy atom. The number of hydrogen-bond acceptors (Lipinski definition) is 3. The molecule has 0 amide bonds. The van der Waals surface area contributed by atoms with Crippen LogP contribution >= 0.6 is 11.8 Å². The SMILES string of the molecule is CSc1ccc(C(C)NCCCCn2ccnc2)cc1. The fourth-order valence-electron chi connectivity index (χ4n) is 2.17. The smallest absolute Gasteiger partial charge is 0.0945 e. The molecule has 0 radical (unpaired) electrons. The molecule has 1 atom stereocenters. The first-order valence-electron chi connectivity index (χ1n) is 7.12. The van der Waals surface area contributed by atoms with Gasteiger partial charge in [0.15, 0.2) is 0 Å². The van der Waals surface area contributed by atoms with E-state index in [1.165, 1.54) is 23.3 Å². The number of nitrogens with zero attached hydrogens (tertiary/aromatic N) is 2. The lowest BCUT2D eigenvalue weighted by atomic mass is 10.1. The second kappa shape index (κ2) is 8.12. The third-order valence-corrected chi connectivity index (χ3v) is 4.21. The molecule has 0 saturated carbocycles. The molecule has 20 heavy (non-hydrogen) atoms. The Morgan fingerprint density at radius 2 is 2.05 bits per heavy atom. The fraction of sp³-hybridized carbons (Fsp3) is 0.438. The molecule has 2 rings (SSSR count). The predicted octanol–water partition coefficient (Wildman–Crippen LogP) is 3.74. The van der Waals surface area contributed by atoms with Crippen LogP contribution in [0.5, 0.6) is 0 Å². The molecule has 0 aliphatic rings. The molecular formula is C16H23N3S. The van der Waals surface area contributed by atoms with E-state index in [0.29, 0.717) is 6.04 Å². The van der Waals surface area contributed by atoms with E-state index >= 15 is 0 Å². The molecule has 0 spiro atoms. The minimum atomic E-state index is 0.416. The Labute approximate surface area is 125 Å². The van der Waals surface area contributed by atoms with Gasteiger partial charge >= 0.3 is 0 Å². The van der Waals surface area contributed by atoms with Crippen LogP contribution in [-0.2, 0) is 6.54 Å². The molecule has 0 aliphatic heterocycles. The van der Waals surface area contributed by atoms with E-state index in [9.17, 15) is 0 Å². The number of rotatable bonds is 8. The van der Waals surface area contributed by atoms with Crippen molar-refractivity contribution in [3.05, 3.63) is 48.5 Å². The number of thioether (sulfide) groups is 1. The number of nitrogens with one attached hydrogen (secondary N) is 1. The number of unbranched alkanes of at least 4 members (excludes halogenated alkanes) is 1. The summed E-state index contributed by atoms with van der Waals surface area (Å²) < 4.78 is 2.13. The van der Waals surface area contributed by atoms with E-state index in [4.69, 9.17) is 0 Å². The second-order valence-electron chi connectivity index (χ2n) is 4.96. The van der Waals surface area contributed by atoms with Crippen LogP contribution in [0.3, 0.4) is 0 Å². The Balaban J connectivity index is 1.65. The second-order valence-corrected chi connectivity index (χ2v) is 5.84. The summed E-state index contributed by atoms with van der Waals surface area (Å²) in [6.07, 6.45) is 10.2. The third-order valence-electron chi connectivity index (χ3n) is 3.47. The maximum absolute atomic E-state index is 4.05. The summed E-state index contributed by atoms with van der Waals surface area (Å²) in [4.78, 5) is 5.37. The molecule has 1 N–H and O–H groups in total. The molecule has 0 bridgehead atoms. The van der Waals surface area contributed by atoms with E-state index in [-0.39, 0.29) is 0 Å². The monoisotopic (exact) mass is 289 g/mol. The number of hydrogen-bond donors (Lipinski definition) is 1. The van der Waals surface area contributed by atoms with Crippen molar-refractivity contribution >= 4 is 11.8 Å². The van der Waals surface area contributed by atoms with Gasteiger partial charge in [-0.1, -0.05) is 12.1 Å². The summed E-state index contributed by atoms with van der Waals surface area (Å²) in [5.74, 6) is 0. The summed E-state index contributed by atoms with van der Waals surface area (Å²) in [6, 6.07) is 9.23. The normalized spacial score (nSPS) is 12.5. The Morgan fingerprint density at radius 1 is 1.25 bits per heavy atom. The molecule has 0 aliphatic carbocycles. The molecular weight excluding hydrogens is 266 g/mol. The zero-order valence-electron chi connectivity index (χ0n) is 12.2. The van der Waals surface area contributed by atoms with Crippen molar-refractivity contribution in [2.45, 2.75) is 37.2 Å². The molecule has 4 heteroatoms. The quantitative estimate of drug-likeness (QED) is 0.593. The van der Waals surface area contributed by atoms with Gasteiger partial charge in [-0.05, 0) is 50.3 Å². The molecule has 1 unspecified atom stereocenters.